The molecule has 0 aromatic heterocycles. The van der Waals surface area contributed by atoms with Crippen LogP contribution in [-0.2, 0) is 0 Å². The van der Waals surface area contributed by atoms with Crippen LogP contribution in [0.2, 0.25) is 0 Å². The number of phenolic OH excluding ortho intramolecular Hbond substituents is 1. The molecule has 4 nitrogen and oxygen atoms in total. The first-order chi connectivity index (χ1) is 7.19. The minimum atomic E-state index is -0.133. The van der Waals surface area contributed by atoms with Gasteiger partial charge in [0.1, 0.15) is 0 Å². The number of aliphatic hydroxyl groups excluding tert-OH is 1. The monoisotopic (exact) mass is 247 g/mol. The molecule has 1 rings (SSSR count). The van der Waals surface area contributed by atoms with Gasteiger partial charge in [-0.25, -0.2) is 0 Å². The second-order valence-corrected chi connectivity index (χ2v) is 3.40. The van der Waals surface area contributed by atoms with E-state index in [0.29, 0.717) is 18.6 Å². The van der Waals surface area contributed by atoms with E-state index >= 15 is 0 Å². The molecule has 1 aromatic rings. The number of halogens is 1. The number of phenols is 1. The van der Waals surface area contributed by atoms with Crippen LogP contribution >= 0.6 is 12.4 Å². The first kappa shape index (κ1) is 15.0. The Bertz CT molecular complexity index is 320. The molecular weight excluding hydrogens is 230 g/mol. The van der Waals surface area contributed by atoms with Crippen molar-refractivity contribution in [2.24, 2.45) is 5.73 Å². The molecular formula is C11H18ClNO3. The van der Waals surface area contributed by atoms with Gasteiger partial charge in [0, 0.05) is 12.6 Å². The average Bonchev–Trinajstić information content (AvgIpc) is 2.26. The van der Waals surface area contributed by atoms with Crippen molar-refractivity contribution in [3.8, 4) is 11.5 Å². The fourth-order valence-corrected chi connectivity index (χ4v) is 1.40. The SMILES string of the molecule is COc1cc([C@@H](N)CCCO)ccc1O.Cl. The summed E-state index contributed by atoms with van der Waals surface area (Å²) in [6.45, 7) is 0.142. The van der Waals surface area contributed by atoms with Crippen LogP contribution in [0.4, 0.5) is 0 Å². The lowest BCUT2D eigenvalue weighted by atomic mass is 10.0. The van der Waals surface area contributed by atoms with Gasteiger partial charge in [0.05, 0.1) is 7.11 Å². The van der Waals surface area contributed by atoms with Crippen LogP contribution < -0.4 is 10.5 Å². The van der Waals surface area contributed by atoms with Crippen LogP contribution in [-0.4, -0.2) is 23.9 Å². The molecule has 16 heavy (non-hydrogen) atoms. The van der Waals surface area contributed by atoms with E-state index in [2.05, 4.69) is 0 Å². The first-order valence-corrected chi connectivity index (χ1v) is 4.92. The van der Waals surface area contributed by atoms with Crippen molar-refractivity contribution < 1.29 is 14.9 Å². The van der Waals surface area contributed by atoms with Crippen molar-refractivity contribution in [2.45, 2.75) is 18.9 Å². The number of benzene rings is 1. The van der Waals surface area contributed by atoms with Crippen molar-refractivity contribution in [1.82, 2.24) is 0 Å². The molecule has 0 unspecified atom stereocenters. The van der Waals surface area contributed by atoms with Crippen LogP contribution in [0.25, 0.3) is 0 Å². The summed E-state index contributed by atoms with van der Waals surface area (Å²) < 4.78 is 4.99. The summed E-state index contributed by atoms with van der Waals surface area (Å²) in [6.07, 6.45) is 1.38. The van der Waals surface area contributed by atoms with Gasteiger partial charge >= 0.3 is 0 Å². The van der Waals surface area contributed by atoms with Gasteiger partial charge < -0.3 is 20.7 Å². The zero-order valence-electron chi connectivity index (χ0n) is 9.22. The molecule has 1 atom stereocenters. The normalized spacial score (nSPS) is 11.7. The molecule has 4 N–H and O–H groups in total. The van der Waals surface area contributed by atoms with Crippen LogP contribution in [0.5, 0.6) is 11.5 Å². The van der Waals surface area contributed by atoms with Crippen molar-refractivity contribution in [3.63, 3.8) is 0 Å². The van der Waals surface area contributed by atoms with Gasteiger partial charge in [-0.2, -0.15) is 0 Å². The summed E-state index contributed by atoms with van der Waals surface area (Å²) in [4.78, 5) is 0. The third-order valence-electron chi connectivity index (χ3n) is 2.31. The standard InChI is InChI=1S/C11H17NO3.ClH/c1-15-11-7-8(4-5-10(11)14)9(12)3-2-6-13;/h4-5,7,9,13-14H,2-3,6,12H2,1H3;1H/t9-;/m0./s1. The van der Waals surface area contributed by atoms with Crippen molar-refractivity contribution in [3.05, 3.63) is 23.8 Å². The molecule has 0 aliphatic heterocycles. The Balaban J connectivity index is 0.00000225. The molecule has 0 aliphatic rings. The topological polar surface area (TPSA) is 75.7 Å². The van der Waals surface area contributed by atoms with E-state index in [1.54, 1.807) is 18.2 Å². The Labute approximate surface area is 101 Å². The second kappa shape index (κ2) is 7.33. The van der Waals surface area contributed by atoms with Crippen LogP contribution in [0.1, 0.15) is 24.4 Å². The molecule has 0 amide bonds. The molecule has 1 aromatic carbocycles. The van der Waals surface area contributed by atoms with Crippen molar-refractivity contribution in [1.29, 1.82) is 0 Å². The third kappa shape index (κ3) is 3.89. The van der Waals surface area contributed by atoms with E-state index in [1.165, 1.54) is 7.11 Å². The second-order valence-electron chi connectivity index (χ2n) is 3.40. The number of hydrogen-bond donors (Lipinski definition) is 3. The van der Waals surface area contributed by atoms with Crippen LogP contribution in [0.15, 0.2) is 18.2 Å². The number of nitrogens with two attached hydrogens (primary N) is 1. The third-order valence-corrected chi connectivity index (χ3v) is 2.31. The minimum absolute atomic E-state index is 0. The lowest BCUT2D eigenvalue weighted by Crippen LogP contribution is -2.10. The first-order valence-electron chi connectivity index (χ1n) is 4.92. The summed E-state index contributed by atoms with van der Waals surface area (Å²) in [5.41, 5.74) is 6.81. The summed E-state index contributed by atoms with van der Waals surface area (Å²) in [5, 5.41) is 18.1. The molecule has 0 saturated heterocycles. The number of aromatic hydroxyl groups is 1. The molecule has 0 bridgehead atoms. The molecule has 0 fully saturated rings. The van der Waals surface area contributed by atoms with Gasteiger partial charge in [-0.3, -0.25) is 0 Å². The van der Waals surface area contributed by atoms with E-state index in [0.717, 1.165) is 5.56 Å². The van der Waals surface area contributed by atoms with Crippen LogP contribution in [0.3, 0.4) is 0 Å². The van der Waals surface area contributed by atoms with Crippen molar-refractivity contribution in [2.75, 3.05) is 13.7 Å². The minimum Gasteiger partial charge on any atom is -0.504 e. The quantitative estimate of drug-likeness (QED) is 0.739. The molecule has 5 heteroatoms. The Morgan fingerprint density at radius 2 is 2.12 bits per heavy atom. The van der Waals surface area contributed by atoms with Gasteiger partial charge in [-0.05, 0) is 30.5 Å². The fourth-order valence-electron chi connectivity index (χ4n) is 1.40. The summed E-state index contributed by atoms with van der Waals surface area (Å²) in [5.74, 6) is 0.530. The highest BCUT2D eigenvalue weighted by Crippen LogP contribution is 2.29. The zero-order chi connectivity index (χ0) is 11.3. The lowest BCUT2D eigenvalue weighted by Gasteiger charge is -2.13. The summed E-state index contributed by atoms with van der Waals surface area (Å²) in [7, 11) is 1.50. The van der Waals surface area contributed by atoms with E-state index in [4.69, 9.17) is 15.6 Å². The number of aliphatic hydroxyl groups is 1. The number of ether oxygens (including phenoxy) is 1. The van der Waals surface area contributed by atoms with E-state index in [9.17, 15) is 5.11 Å². The fraction of sp³-hybridized carbons (Fsp3) is 0.455. The van der Waals surface area contributed by atoms with E-state index < -0.39 is 0 Å². The van der Waals surface area contributed by atoms with E-state index in [1.807, 2.05) is 0 Å². The maximum Gasteiger partial charge on any atom is 0.160 e. The molecule has 0 radical (unpaired) electrons. The Kier molecular flexibility index (Phi) is 6.88. The Morgan fingerprint density at radius 1 is 1.44 bits per heavy atom. The Hall–Kier alpha value is -0.970. The van der Waals surface area contributed by atoms with Gasteiger partial charge in [-0.1, -0.05) is 6.07 Å². The largest absolute Gasteiger partial charge is 0.504 e. The highest BCUT2D eigenvalue weighted by molar-refractivity contribution is 5.85. The molecule has 0 saturated carbocycles. The smallest absolute Gasteiger partial charge is 0.160 e. The van der Waals surface area contributed by atoms with Crippen LogP contribution in [0, 0.1) is 0 Å². The van der Waals surface area contributed by atoms with E-state index in [-0.39, 0.29) is 30.8 Å². The molecule has 0 heterocycles. The van der Waals surface area contributed by atoms with Gasteiger partial charge in [0.15, 0.2) is 11.5 Å². The maximum atomic E-state index is 9.39. The Morgan fingerprint density at radius 3 is 2.69 bits per heavy atom. The lowest BCUT2D eigenvalue weighted by molar-refractivity contribution is 0.280. The molecule has 0 spiro atoms. The maximum absolute atomic E-state index is 9.39. The predicted octanol–water partition coefficient (Wildman–Crippen LogP) is 1.59. The highest BCUT2D eigenvalue weighted by atomic mass is 35.5. The summed E-state index contributed by atoms with van der Waals surface area (Å²) >= 11 is 0. The molecule has 92 valence electrons. The number of methoxy groups -OCH3 is 1. The summed E-state index contributed by atoms with van der Waals surface area (Å²) in [6, 6.07) is 4.91. The van der Waals surface area contributed by atoms with Gasteiger partial charge in [0.25, 0.3) is 0 Å². The number of rotatable bonds is 5. The molecule has 0 aliphatic carbocycles. The number of hydrogen-bond acceptors (Lipinski definition) is 4. The zero-order valence-corrected chi connectivity index (χ0v) is 10.0. The van der Waals surface area contributed by atoms with Gasteiger partial charge in [0.2, 0.25) is 0 Å². The predicted molar refractivity (Wildman–Crippen MR) is 65.2 cm³/mol. The highest BCUT2D eigenvalue weighted by Gasteiger charge is 2.09. The van der Waals surface area contributed by atoms with Gasteiger partial charge in [-0.15, -0.1) is 12.4 Å². The van der Waals surface area contributed by atoms with Crippen molar-refractivity contribution >= 4 is 12.4 Å². The average molecular weight is 248 g/mol.